The Hall–Kier alpha value is -1.33. The summed E-state index contributed by atoms with van der Waals surface area (Å²) in [5, 5.41) is 7.91. The van der Waals surface area contributed by atoms with Crippen LogP contribution in [0.15, 0.2) is 41.0 Å². The molecule has 1 fully saturated rings. The zero-order valence-electron chi connectivity index (χ0n) is 12.3. The molecule has 2 aromatic rings. The van der Waals surface area contributed by atoms with Crippen molar-refractivity contribution >= 4 is 21.6 Å². The molecule has 1 unspecified atom stereocenters. The van der Waals surface area contributed by atoms with Gasteiger partial charge in [0, 0.05) is 49.6 Å². The van der Waals surface area contributed by atoms with E-state index in [0.29, 0.717) is 5.92 Å². The summed E-state index contributed by atoms with van der Waals surface area (Å²) in [6.45, 7) is 4.19. The van der Waals surface area contributed by atoms with E-state index in [-0.39, 0.29) is 0 Å². The average molecular weight is 349 g/mol. The van der Waals surface area contributed by atoms with E-state index in [9.17, 15) is 0 Å². The van der Waals surface area contributed by atoms with Gasteiger partial charge < -0.3 is 10.2 Å². The second-order valence-electron chi connectivity index (χ2n) is 5.69. The molecule has 0 radical (unpaired) electrons. The van der Waals surface area contributed by atoms with E-state index < -0.39 is 0 Å². The number of aryl methyl sites for hydroxylation is 1. The van der Waals surface area contributed by atoms with Crippen molar-refractivity contribution in [3.63, 3.8) is 0 Å². The Morgan fingerprint density at radius 3 is 3.05 bits per heavy atom. The number of hydrogen-bond donors (Lipinski definition) is 1. The van der Waals surface area contributed by atoms with Gasteiger partial charge in [-0.25, -0.2) is 0 Å². The summed E-state index contributed by atoms with van der Waals surface area (Å²) in [7, 11) is 1.95. The average Bonchev–Trinajstić information content (AvgIpc) is 3.08. The van der Waals surface area contributed by atoms with Gasteiger partial charge in [-0.1, -0.05) is 22.0 Å². The van der Waals surface area contributed by atoms with Crippen molar-refractivity contribution in [2.45, 2.75) is 13.0 Å². The van der Waals surface area contributed by atoms with Crippen LogP contribution in [0.2, 0.25) is 0 Å². The lowest BCUT2D eigenvalue weighted by Gasteiger charge is -2.19. The van der Waals surface area contributed by atoms with Crippen molar-refractivity contribution < 1.29 is 0 Å². The van der Waals surface area contributed by atoms with Crippen molar-refractivity contribution in [3.8, 4) is 0 Å². The van der Waals surface area contributed by atoms with Gasteiger partial charge in [0.1, 0.15) is 0 Å². The van der Waals surface area contributed by atoms with Gasteiger partial charge in [-0.15, -0.1) is 0 Å². The van der Waals surface area contributed by atoms with Crippen molar-refractivity contribution in [3.05, 3.63) is 46.7 Å². The van der Waals surface area contributed by atoms with E-state index in [1.807, 2.05) is 17.9 Å². The molecule has 1 aromatic carbocycles. The predicted octanol–water partition coefficient (Wildman–Crippen LogP) is 2.80. The lowest BCUT2D eigenvalue weighted by Crippen LogP contribution is -2.26. The molecule has 1 saturated heterocycles. The second-order valence-corrected chi connectivity index (χ2v) is 6.61. The Bertz CT molecular complexity index is 595. The topological polar surface area (TPSA) is 33.1 Å². The van der Waals surface area contributed by atoms with Crippen LogP contribution in [0.3, 0.4) is 0 Å². The molecule has 1 aromatic heterocycles. The molecular weight excluding hydrogens is 328 g/mol. The summed E-state index contributed by atoms with van der Waals surface area (Å²) < 4.78 is 3.00. The third-order valence-electron chi connectivity index (χ3n) is 3.97. The molecule has 0 spiro atoms. The van der Waals surface area contributed by atoms with Gasteiger partial charge in [0.2, 0.25) is 0 Å². The highest BCUT2D eigenvalue weighted by molar-refractivity contribution is 9.10. The number of aromatic nitrogens is 2. The first-order valence-corrected chi connectivity index (χ1v) is 8.20. The van der Waals surface area contributed by atoms with Gasteiger partial charge in [-0.05, 0) is 36.6 Å². The molecule has 1 aliphatic heterocycles. The number of hydrogen-bond acceptors (Lipinski definition) is 3. The van der Waals surface area contributed by atoms with Crippen molar-refractivity contribution in [1.82, 2.24) is 15.1 Å². The summed E-state index contributed by atoms with van der Waals surface area (Å²) in [5.41, 5.74) is 2.43. The van der Waals surface area contributed by atoms with E-state index in [1.165, 1.54) is 12.1 Å². The summed E-state index contributed by atoms with van der Waals surface area (Å²) in [6.07, 6.45) is 3.24. The molecule has 1 N–H and O–H groups in total. The minimum absolute atomic E-state index is 0.715. The van der Waals surface area contributed by atoms with Crippen LogP contribution >= 0.6 is 15.9 Å². The molecule has 1 atom stereocenters. The third-order valence-corrected chi connectivity index (χ3v) is 4.46. The van der Waals surface area contributed by atoms with E-state index in [2.05, 4.69) is 61.6 Å². The standard InChI is InChI=1S/C16H21BrN4/c1-20-7-6-15(19-20)11-18-10-13-5-8-21(12-13)16-4-2-3-14(17)9-16/h2-4,6-7,9,13,18H,5,8,10-12H2,1H3. The van der Waals surface area contributed by atoms with Gasteiger partial charge >= 0.3 is 0 Å². The van der Waals surface area contributed by atoms with Crippen LogP contribution < -0.4 is 10.2 Å². The highest BCUT2D eigenvalue weighted by Gasteiger charge is 2.22. The Morgan fingerprint density at radius 1 is 1.38 bits per heavy atom. The Labute approximate surface area is 134 Å². The maximum Gasteiger partial charge on any atom is 0.0762 e. The summed E-state index contributed by atoms with van der Waals surface area (Å²) in [4.78, 5) is 2.47. The van der Waals surface area contributed by atoms with Crippen LogP contribution in [0.4, 0.5) is 5.69 Å². The van der Waals surface area contributed by atoms with E-state index >= 15 is 0 Å². The predicted molar refractivity (Wildman–Crippen MR) is 89.4 cm³/mol. The van der Waals surface area contributed by atoms with E-state index in [0.717, 1.165) is 36.3 Å². The Balaban J connectivity index is 1.46. The van der Waals surface area contributed by atoms with Crippen molar-refractivity contribution in [2.24, 2.45) is 13.0 Å². The molecule has 0 amide bonds. The monoisotopic (exact) mass is 348 g/mol. The zero-order chi connectivity index (χ0) is 14.7. The molecule has 1 aliphatic rings. The summed E-state index contributed by atoms with van der Waals surface area (Å²) in [5.74, 6) is 0.715. The SMILES string of the molecule is Cn1ccc(CNCC2CCN(c3cccc(Br)c3)C2)n1. The molecule has 3 rings (SSSR count). The molecule has 21 heavy (non-hydrogen) atoms. The second kappa shape index (κ2) is 6.62. The van der Waals surface area contributed by atoms with Crippen LogP contribution in [0.25, 0.3) is 0 Å². The van der Waals surface area contributed by atoms with Gasteiger partial charge in [0.25, 0.3) is 0 Å². The molecule has 2 heterocycles. The smallest absolute Gasteiger partial charge is 0.0762 e. The Kier molecular flexibility index (Phi) is 4.60. The van der Waals surface area contributed by atoms with Crippen LogP contribution in [0.5, 0.6) is 0 Å². The van der Waals surface area contributed by atoms with Crippen LogP contribution in [-0.2, 0) is 13.6 Å². The molecule has 4 nitrogen and oxygen atoms in total. The highest BCUT2D eigenvalue weighted by Crippen LogP contribution is 2.25. The molecule has 5 heteroatoms. The molecule has 0 bridgehead atoms. The van der Waals surface area contributed by atoms with E-state index in [1.54, 1.807) is 0 Å². The quantitative estimate of drug-likeness (QED) is 0.901. The fraction of sp³-hybridized carbons (Fsp3) is 0.438. The van der Waals surface area contributed by atoms with Crippen molar-refractivity contribution in [2.75, 3.05) is 24.5 Å². The largest absolute Gasteiger partial charge is 0.371 e. The van der Waals surface area contributed by atoms with Crippen LogP contribution in [0, 0.1) is 5.92 Å². The number of rotatable bonds is 5. The van der Waals surface area contributed by atoms with Gasteiger partial charge in [0.15, 0.2) is 0 Å². The van der Waals surface area contributed by atoms with Gasteiger partial charge in [0.05, 0.1) is 5.69 Å². The maximum absolute atomic E-state index is 4.39. The minimum Gasteiger partial charge on any atom is -0.371 e. The fourth-order valence-electron chi connectivity index (χ4n) is 2.87. The first-order chi connectivity index (χ1) is 10.2. The minimum atomic E-state index is 0.715. The molecule has 112 valence electrons. The van der Waals surface area contributed by atoms with Gasteiger partial charge in [-0.3, -0.25) is 4.68 Å². The lowest BCUT2D eigenvalue weighted by atomic mass is 10.1. The van der Waals surface area contributed by atoms with Gasteiger partial charge in [-0.2, -0.15) is 5.10 Å². The van der Waals surface area contributed by atoms with E-state index in [4.69, 9.17) is 0 Å². The molecule has 0 aliphatic carbocycles. The summed E-state index contributed by atoms with van der Waals surface area (Å²) in [6, 6.07) is 10.6. The number of halogens is 1. The maximum atomic E-state index is 4.39. The number of benzene rings is 1. The first kappa shape index (κ1) is 14.6. The Morgan fingerprint density at radius 2 is 2.29 bits per heavy atom. The van der Waals surface area contributed by atoms with Crippen molar-refractivity contribution in [1.29, 1.82) is 0 Å². The van der Waals surface area contributed by atoms with Crippen LogP contribution in [-0.4, -0.2) is 29.4 Å². The third kappa shape index (κ3) is 3.86. The number of nitrogens with zero attached hydrogens (tertiary/aromatic N) is 3. The highest BCUT2D eigenvalue weighted by atomic mass is 79.9. The normalized spacial score (nSPS) is 18.4. The van der Waals surface area contributed by atoms with Crippen LogP contribution in [0.1, 0.15) is 12.1 Å². The molecule has 0 saturated carbocycles. The fourth-order valence-corrected chi connectivity index (χ4v) is 3.26. The number of nitrogens with one attached hydrogen (secondary N) is 1. The lowest BCUT2D eigenvalue weighted by molar-refractivity contribution is 0.512. The molecular formula is C16H21BrN4. The summed E-state index contributed by atoms with van der Waals surface area (Å²) >= 11 is 3.55. The zero-order valence-corrected chi connectivity index (χ0v) is 13.9. The first-order valence-electron chi connectivity index (χ1n) is 7.40. The number of anilines is 1.